The molecule has 1 fully saturated rings. The molecule has 5 heteroatoms. The van der Waals surface area contributed by atoms with Gasteiger partial charge in [-0.2, -0.15) is 0 Å². The lowest BCUT2D eigenvalue weighted by Crippen LogP contribution is -3.10. The van der Waals surface area contributed by atoms with Gasteiger partial charge in [-0.15, -0.1) is 11.8 Å². The number of quaternary nitrogens is 1. The van der Waals surface area contributed by atoms with Crippen LogP contribution in [0.25, 0.3) is 0 Å². The zero-order valence-electron chi connectivity index (χ0n) is 12.1. The summed E-state index contributed by atoms with van der Waals surface area (Å²) in [5.41, 5.74) is 0.994. The summed E-state index contributed by atoms with van der Waals surface area (Å²) < 4.78 is 0. The maximum absolute atomic E-state index is 12.3. The van der Waals surface area contributed by atoms with E-state index in [1.807, 2.05) is 23.1 Å². The van der Waals surface area contributed by atoms with E-state index in [-0.39, 0.29) is 11.2 Å². The first kappa shape index (κ1) is 13.6. The first-order chi connectivity index (χ1) is 9.56. The van der Waals surface area contributed by atoms with Gasteiger partial charge in [0.1, 0.15) is 11.9 Å². The number of hydrogen-bond donors (Lipinski definition) is 1. The zero-order chi connectivity index (χ0) is 14.3. The fourth-order valence-corrected chi connectivity index (χ4v) is 3.68. The van der Waals surface area contributed by atoms with Gasteiger partial charge < -0.3 is 4.90 Å². The average Bonchev–Trinajstić information content (AvgIpc) is 2.72. The fourth-order valence-electron chi connectivity index (χ4n) is 2.47. The minimum atomic E-state index is 0.196. The number of amides is 1. The predicted molar refractivity (Wildman–Crippen MR) is 81.8 cm³/mol. The second kappa shape index (κ2) is 5.22. The zero-order valence-corrected chi connectivity index (χ0v) is 12.9. The van der Waals surface area contributed by atoms with E-state index in [2.05, 4.69) is 27.1 Å². The number of hydrogen-bond acceptors (Lipinski definition) is 3. The first-order valence-corrected chi connectivity index (χ1v) is 7.89. The molecule has 0 radical (unpaired) electrons. The Balaban J connectivity index is 1.89. The van der Waals surface area contributed by atoms with Gasteiger partial charge in [-0.25, -0.2) is 4.99 Å². The molecule has 0 aromatic heterocycles. The van der Waals surface area contributed by atoms with Crippen LogP contribution in [0.5, 0.6) is 0 Å². The van der Waals surface area contributed by atoms with Crippen molar-refractivity contribution in [3.05, 3.63) is 24.3 Å². The van der Waals surface area contributed by atoms with Crippen molar-refractivity contribution in [1.29, 1.82) is 0 Å². The SMILES string of the molecule is C[C@@H](CN1C(=O)C[C@@H]2Sc3ccccc3N=C21)[NH+](C)C. The Morgan fingerprint density at radius 3 is 2.95 bits per heavy atom. The molecule has 0 aliphatic carbocycles. The second-order valence-electron chi connectivity index (χ2n) is 5.73. The number of nitrogens with zero attached hydrogens (tertiary/aromatic N) is 2. The van der Waals surface area contributed by atoms with Gasteiger partial charge in [-0.1, -0.05) is 12.1 Å². The molecule has 3 rings (SSSR count). The smallest absolute Gasteiger partial charge is 0.229 e. The van der Waals surface area contributed by atoms with Crippen molar-refractivity contribution in [2.45, 2.75) is 29.5 Å². The van der Waals surface area contributed by atoms with Crippen LogP contribution in [-0.2, 0) is 4.79 Å². The number of fused-ring (bicyclic) bond motifs is 2. The van der Waals surface area contributed by atoms with Crippen molar-refractivity contribution < 1.29 is 9.69 Å². The van der Waals surface area contributed by atoms with Gasteiger partial charge in [0.15, 0.2) is 0 Å². The van der Waals surface area contributed by atoms with Gasteiger partial charge in [0.05, 0.1) is 31.6 Å². The molecule has 1 N–H and O–H groups in total. The summed E-state index contributed by atoms with van der Waals surface area (Å²) in [6.45, 7) is 2.92. The second-order valence-corrected chi connectivity index (χ2v) is 6.98. The van der Waals surface area contributed by atoms with E-state index in [1.54, 1.807) is 11.8 Å². The molecule has 20 heavy (non-hydrogen) atoms. The third kappa shape index (κ3) is 2.36. The van der Waals surface area contributed by atoms with Crippen LogP contribution in [-0.4, -0.2) is 48.6 Å². The molecule has 1 saturated heterocycles. The number of rotatable bonds is 3. The maximum atomic E-state index is 12.3. The van der Waals surface area contributed by atoms with Gasteiger partial charge in [-0.3, -0.25) is 9.69 Å². The number of amidine groups is 1. The van der Waals surface area contributed by atoms with E-state index in [0.717, 1.165) is 18.1 Å². The van der Waals surface area contributed by atoms with Crippen molar-refractivity contribution >= 4 is 29.2 Å². The van der Waals surface area contributed by atoms with Crippen LogP contribution in [0.4, 0.5) is 5.69 Å². The van der Waals surface area contributed by atoms with Crippen molar-refractivity contribution in [2.75, 3.05) is 20.6 Å². The van der Waals surface area contributed by atoms with E-state index < -0.39 is 0 Å². The highest BCUT2D eigenvalue weighted by atomic mass is 32.2. The summed E-state index contributed by atoms with van der Waals surface area (Å²) in [5.74, 6) is 1.16. The van der Waals surface area contributed by atoms with Gasteiger partial charge in [0.25, 0.3) is 0 Å². The van der Waals surface area contributed by atoms with Crippen molar-refractivity contribution in [1.82, 2.24) is 4.90 Å². The molecular weight excluding hydrogens is 270 g/mol. The Hall–Kier alpha value is -1.33. The number of benzene rings is 1. The molecule has 0 unspecified atom stereocenters. The normalized spacial score (nSPS) is 22.6. The Morgan fingerprint density at radius 2 is 2.20 bits per heavy atom. The van der Waals surface area contributed by atoms with Crippen molar-refractivity contribution in [3.63, 3.8) is 0 Å². The van der Waals surface area contributed by atoms with Crippen LogP contribution in [0.15, 0.2) is 34.2 Å². The number of likely N-dealkylation sites (tertiary alicyclic amines) is 1. The molecule has 4 nitrogen and oxygen atoms in total. The summed E-state index contributed by atoms with van der Waals surface area (Å²) in [7, 11) is 4.24. The Morgan fingerprint density at radius 1 is 1.45 bits per heavy atom. The lowest BCUT2D eigenvalue weighted by molar-refractivity contribution is -0.882. The average molecular weight is 290 g/mol. The van der Waals surface area contributed by atoms with Crippen LogP contribution in [0, 0.1) is 0 Å². The summed E-state index contributed by atoms with van der Waals surface area (Å²) >= 11 is 1.77. The number of carbonyl (C=O) groups is 1. The Kier molecular flexibility index (Phi) is 3.56. The molecule has 0 spiro atoms. The van der Waals surface area contributed by atoms with Gasteiger partial charge in [0.2, 0.25) is 5.91 Å². The van der Waals surface area contributed by atoms with Crippen LogP contribution >= 0.6 is 11.8 Å². The minimum Gasteiger partial charge on any atom is -0.336 e. The van der Waals surface area contributed by atoms with Crippen molar-refractivity contribution in [2.24, 2.45) is 4.99 Å². The fraction of sp³-hybridized carbons (Fsp3) is 0.467. The molecule has 106 valence electrons. The first-order valence-electron chi connectivity index (χ1n) is 7.01. The monoisotopic (exact) mass is 290 g/mol. The molecule has 1 aromatic rings. The van der Waals surface area contributed by atoms with E-state index in [9.17, 15) is 4.79 Å². The van der Waals surface area contributed by atoms with Crippen LogP contribution < -0.4 is 4.90 Å². The summed E-state index contributed by atoms with van der Waals surface area (Å²) in [6, 6.07) is 8.53. The van der Waals surface area contributed by atoms with Gasteiger partial charge in [0, 0.05) is 11.3 Å². The Bertz CT molecular complexity index is 570. The number of aliphatic imine (C=N–C) groups is 1. The molecule has 1 amide bonds. The lowest BCUT2D eigenvalue weighted by Gasteiger charge is -2.26. The van der Waals surface area contributed by atoms with Gasteiger partial charge >= 0.3 is 0 Å². The third-order valence-electron chi connectivity index (χ3n) is 4.04. The van der Waals surface area contributed by atoms with E-state index in [1.165, 1.54) is 9.80 Å². The van der Waals surface area contributed by atoms with E-state index in [4.69, 9.17) is 4.99 Å². The number of thioether (sulfide) groups is 1. The highest BCUT2D eigenvalue weighted by molar-refractivity contribution is 8.01. The molecular formula is C15H20N3OS+. The minimum absolute atomic E-state index is 0.196. The van der Waals surface area contributed by atoms with Crippen LogP contribution in [0.3, 0.4) is 0 Å². The van der Waals surface area contributed by atoms with Gasteiger partial charge in [-0.05, 0) is 19.1 Å². The van der Waals surface area contributed by atoms with Crippen molar-refractivity contribution in [3.8, 4) is 0 Å². The molecule has 2 aliphatic rings. The molecule has 2 aliphatic heterocycles. The lowest BCUT2D eigenvalue weighted by atomic mass is 10.3. The number of para-hydroxylation sites is 1. The van der Waals surface area contributed by atoms with E-state index in [0.29, 0.717) is 12.5 Å². The molecule has 1 aromatic carbocycles. The summed E-state index contributed by atoms with van der Waals surface area (Å²) in [4.78, 5) is 21.4. The van der Waals surface area contributed by atoms with E-state index >= 15 is 0 Å². The number of likely N-dealkylation sites (N-methyl/N-ethyl adjacent to an activating group) is 1. The standard InChI is InChI=1S/C15H19N3OS/c1-10(17(2)3)9-18-14(19)8-13-15(18)16-11-6-4-5-7-12(11)20-13/h4-7,10,13H,8-9H2,1-3H3/p+1/t10-,13-/m0/s1. The summed E-state index contributed by atoms with van der Waals surface area (Å²) in [6.07, 6.45) is 0.577. The topological polar surface area (TPSA) is 37.1 Å². The number of carbonyl (C=O) groups excluding carboxylic acids is 1. The maximum Gasteiger partial charge on any atom is 0.229 e. The molecule has 2 heterocycles. The highest BCUT2D eigenvalue weighted by Gasteiger charge is 2.40. The van der Waals surface area contributed by atoms with Crippen LogP contribution in [0.2, 0.25) is 0 Å². The quantitative estimate of drug-likeness (QED) is 0.900. The summed E-state index contributed by atoms with van der Waals surface area (Å²) in [5, 5.41) is 0.196. The largest absolute Gasteiger partial charge is 0.336 e. The molecule has 0 bridgehead atoms. The predicted octanol–water partition coefficient (Wildman–Crippen LogP) is 0.956. The Labute approximate surface area is 123 Å². The number of nitrogens with one attached hydrogen (secondary N) is 1. The third-order valence-corrected chi connectivity index (χ3v) is 5.30. The highest BCUT2D eigenvalue weighted by Crippen LogP contribution is 2.42. The molecule has 2 atom stereocenters. The molecule has 0 saturated carbocycles. The van der Waals surface area contributed by atoms with Crippen LogP contribution in [0.1, 0.15) is 13.3 Å².